The number of carbonyl (C=O) groups is 1. The summed E-state index contributed by atoms with van der Waals surface area (Å²) in [7, 11) is 1.59. The Morgan fingerprint density at radius 1 is 1.58 bits per heavy atom. The number of carbonyl (C=O) groups excluding carboxylic acids is 1. The molecule has 1 amide bonds. The molecule has 0 rings (SSSR count). The van der Waals surface area contributed by atoms with Crippen LogP contribution in [0.25, 0.3) is 0 Å². The first-order valence-electron chi connectivity index (χ1n) is 3.81. The largest absolute Gasteiger partial charge is 0.382 e. The van der Waals surface area contributed by atoms with E-state index in [1.54, 1.807) is 14.0 Å². The van der Waals surface area contributed by atoms with Crippen LogP contribution in [0.15, 0.2) is 0 Å². The Morgan fingerprint density at radius 3 is 2.75 bits per heavy atom. The molecule has 0 spiro atoms. The van der Waals surface area contributed by atoms with E-state index in [0.717, 1.165) is 0 Å². The van der Waals surface area contributed by atoms with Crippen molar-refractivity contribution in [2.45, 2.75) is 6.92 Å². The van der Waals surface area contributed by atoms with Gasteiger partial charge in [0.2, 0.25) is 5.91 Å². The quantitative estimate of drug-likeness (QED) is 0.396. The van der Waals surface area contributed by atoms with Gasteiger partial charge in [0.1, 0.15) is 0 Å². The molecule has 1 atom stereocenters. The lowest BCUT2D eigenvalue weighted by Crippen LogP contribution is -2.31. The van der Waals surface area contributed by atoms with Crippen molar-refractivity contribution in [2.24, 2.45) is 11.7 Å². The predicted molar refractivity (Wildman–Crippen MR) is 44.2 cm³/mol. The number of hydroxylamine groups is 1. The molecule has 5 nitrogen and oxygen atoms in total. The van der Waals surface area contributed by atoms with Crippen LogP contribution in [-0.2, 0) is 14.4 Å². The Labute approximate surface area is 72.2 Å². The highest BCUT2D eigenvalue weighted by Gasteiger charge is 2.06. The fraction of sp³-hybridized carbons (Fsp3) is 0.857. The van der Waals surface area contributed by atoms with Crippen LogP contribution in [0.1, 0.15) is 6.92 Å². The van der Waals surface area contributed by atoms with E-state index in [4.69, 9.17) is 15.3 Å². The lowest BCUT2D eigenvalue weighted by molar-refractivity contribution is -0.122. The van der Waals surface area contributed by atoms with E-state index in [9.17, 15) is 4.79 Å². The SMILES string of the molecule is COCCONCC(C)C(N)=O. The summed E-state index contributed by atoms with van der Waals surface area (Å²) in [5.74, 6) is -0.551. The van der Waals surface area contributed by atoms with E-state index in [0.29, 0.717) is 19.8 Å². The third kappa shape index (κ3) is 6.09. The van der Waals surface area contributed by atoms with Crippen LogP contribution < -0.4 is 11.2 Å². The Bertz CT molecular complexity index is 130. The van der Waals surface area contributed by atoms with Gasteiger partial charge in [-0.3, -0.25) is 9.63 Å². The molecule has 0 saturated heterocycles. The molecule has 5 heteroatoms. The smallest absolute Gasteiger partial charge is 0.221 e. The average molecular weight is 176 g/mol. The topological polar surface area (TPSA) is 73.6 Å². The van der Waals surface area contributed by atoms with Gasteiger partial charge >= 0.3 is 0 Å². The number of nitrogens with two attached hydrogens (primary N) is 1. The van der Waals surface area contributed by atoms with Crippen molar-refractivity contribution in [2.75, 3.05) is 26.9 Å². The lowest BCUT2D eigenvalue weighted by Gasteiger charge is -2.08. The van der Waals surface area contributed by atoms with E-state index >= 15 is 0 Å². The molecule has 12 heavy (non-hydrogen) atoms. The second kappa shape index (κ2) is 7.02. The van der Waals surface area contributed by atoms with Gasteiger partial charge in [-0.1, -0.05) is 6.92 Å². The zero-order valence-electron chi connectivity index (χ0n) is 7.50. The molecule has 72 valence electrons. The molecule has 0 fully saturated rings. The molecular formula is C7H16N2O3. The molecule has 0 aliphatic heterocycles. The third-order valence-electron chi connectivity index (χ3n) is 1.37. The van der Waals surface area contributed by atoms with Crippen molar-refractivity contribution < 1.29 is 14.4 Å². The molecule has 0 aromatic rings. The maximum Gasteiger partial charge on any atom is 0.221 e. The van der Waals surface area contributed by atoms with Crippen molar-refractivity contribution in [1.29, 1.82) is 0 Å². The monoisotopic (exact) mass is 176 g/mol. The maximum absolute atomic E-state index is 10.5. The van der Waals surface area contributed by atoms with Gasteiger partial charge in [0.15, 0.2) is 0 Å². The molecule has 0 heterocycles. The summed E-state index contributed by atoms with van der Waals surface area (Å²) in [5.41, 5.74) is 7.64. The number of amides is 1. The van der Waals surface area contributed by atoms with E-state index in [1.807, 2.05) is 0 Å². The maximum atomic E-state index is 10.5. The summed E-state index contributed by atoms with van der Waals surface area (Å²) in [6, 6.07) is 0. The van der Waals surface area contributed by atoms with Gasteiger partial charge in [-0.25, -0.2) is 5.48 Å². The Hall–Kier alpha value is -0.650. The molecular weight excluding hydrogens is 160 g/mol. The summed E-state index contributed by atoms with van der Waals surface area (Å²) in [4.78, 5) is 15.4. The van der Waals surface area contributed by atoms with Crippen LogP contribution in [0.5, 0.6) is 0 Å². The molecule has 0 aromatic heterocycles. The predicted octanol–water partition coefficient (Wildman–Crippen LogP) is -0.725. The molecule has 0 aromatic carbocycles. The Kier molecular flexibility index (Phi) is 6.64. The van der Waals surface area contributed by atoms with Gasteiger partial charge in [0.25, 0.3) is 0 Å². The highest BCUT2D eigenvalue weighted by molar-refractivity contribution is 5.76. The van der Waals surface area contributed by atoms with Crippen molar-refractivity contribution in [1.82, 2.24) is 5.48 Å². The molecule has 0 bridgehead atoms. The lowest BCUT2D eigenvalue weighted by atomic mass is 10.2. The summed E-state index contributed by atoms with van der Waals surface area (Å²) in [6.07, 6.45) is 0. The van der Waals surface area contributed by atoms with Crippen LogP contribution in [0.2, 0.25) is 0 Å². The van der Waals surface area contributed by atoms with Crippen LogP contribution in [-0.4, -0.2) is 32.8 Å². The number of rotatable bonds is 7. The molecule has 0 aliphatic rings. The van der Waals surface area contributed by atoms with Crippen molar-refractivity contribution in [3.05, 3.63) is 0 Å². The Balaban J connectivity index is 3.14. The first kappa shape index (κ1) is 11.4. The molecule has 0 aliphatic carbocycles. The minimum Gasteiger partial charge on any atom is -0.382 e. The number of methoxy groups -OCH3 is 1. The second-order valence-corrected chi connectivity index (χ2v) is 2.49. The van der Waals surface area contributed by atoms with Gasteiger partial charge in [-0.05, 0) is 0 Å². The summed E-state index contributed by atoms with van der Waals surface area (Å²) in [5, 5.41) is 0. The van der Waals surface area contributed by atoms with Crippen LogP contribution in [0, 0.1) is 5.92 Å². The molecule has 0 saturated carbocycles. The van der Waals surface area contributed by atoms with Crippen molar-refractivity contribution >= 4 is 5.91 Å². The number of hydrogen-bond acceptors (Lipinski definition) is 4. The molecule has 1 unspecified atom stereocenters. The molecule has 3 N–H and O–H groups in total. The van der Waals surface area contributed by atoms with Gasteiger partial charge in [-0.15, -0.1) is 0 Å². The van der Waals surface area contributed by atoms with Gasteiger partial charge in [0, 0.05) is 19.6 Å². The van der Waals surface area contributed by atoms with Crippen molar-refractivity contribution in [3.8, 4) is 0 Å². The highest BCUT2D eigenvalue weighted by Crippen LogP contribution is 1.88. The van der Waals surface area contributed by atoms with E-state index in [2.05, 4.69) is 5.48 Å². The number of nitrogens with one attached hydrogen (secondary N) is 1. The van der Waals surface area contributed by atoms with E-state index < -0.39 is 0 Å². The normalized spacial score (nSPS) is 12.8. The molecule has 0 radical (unpaired) electrons. The van der Waals surface area contributed by atoms with Crippen molar-refractivity contribution in [3.63, 3.8) is 0 Å². The summed E-state index contributed by atoms with van der Waals surface area (Å²) < 4.78 is 4.74. The first-order chi connectivity index (χ1) is 5.68. The van der Waals surface area contributed by atoms with E-state index in [-0.39, 0.29) is 11.8 Å². The van der Waals surface area contributed by atoms with Crippen LogP contribution in [0.4, 0.5) is 0 Å². The Morgan fingerprint density at radius 2 is 2.25 bits per heavy atom. The minimum absolute atomic E-state index is 0.215. The zero-order chi connectivity index (χ0) is 9.40. The summed E-state index contributed by atoms with van der Waals surface area (Å²) in [6.45, 7) is 3.15. The van der Waals surface area contributed by atoms with Gasteiger partial charge < -0.3 is 10.5 Å². The average Bonchev–Trinajstić information content (AvgIpc) is 2.03. The summed E-state index contributed by atoms with van der Waals surface area (Å²) >= 11 is 0. The fourth-order valence-electron chi connectivity index (χ4n) is 0.482. The highest BCUT2D eigenvalue weighted by atomic mass is 16.7. The number of ether oxygens (including phenoxy) is 1. The van der Waals surface area contributed by atoms with Crippen LogP contribution >= 0.6 is 0 Å². The minimum atomic E-state index is -0.335. The van der Waals surface area contributed by atoms with Crippen LogP contribution in [0.3, 0.4) is 0 Å². The fourth-order valence-corrected chi connectivity index (χ4v) is 0.482. The van der Waals surface area contributed by atoms with Gasteiger partial charge in [-0.2, -0.15) is 0 Å². The number of primary amides is 1. The number of hydrogen-bond donors (Lipinski definition) is 2. The van der Waals surface area contributed by atoms with Gasteiger partial charge in [0.05, 0.1) is 13.2 Å². The second-order valence-electron chi connectivity index (χ2n) is 2.49. The first-order valence-corrected chi connectivity index (χ1v) is 3.81. The standard InChI is InChI=1S/C7H16N2O3/c1-6(7(8)10)5-9-12-4-3-11-2/h6,9H,3-5H2,1-2H3,(H2,8,10). The van der Waals surface area contributed by atoms with E-state index in [1.165, 1.54) is 0 Å². The zero-order valence-corrected chi connectivity index (χ0v) is 7.50. The third-order valence-corrected chi connectivity index (χ3v) is 1.37.